The number of ether oxygens (including phenoxy) is 1. The Bertz CT molecular complexity index is 969. The van der Waals surface area contributed by atoms with Gasteiger partial charge in [-0.1, -0.05) is 13.8 Å². The Kier molecular flexibility index (Phi) is 6.16. The van der Waals surface area contributed by atoms with Gasteiger partial charge in [-0.15, -0.1) is 0 Å². The van der Waals surface area contributed by atoms with Crippen molar-refractivity contribution in [1.82, 2.24) is 19.3 Å². The van der Waals surface area contributed by atoms with Crippen LogP contribution >= 0.6 is 11.5 Å². The number of aromatic nitrogens is 4. The Morgan fingerprint density at radius 3 is 2.41 bits per heavy atom. The zero-order valence-electron chi connectivity index (χ0n) is 16.5. The predicted molar refractivity (Wildman–Crippen MR) is 105 cm³/mol. The smallest absolute Gasteiger partial charge is 0.416 e. The summed E-state index contributed by atoms with van der Waals surface area (Å²) in [5.41, 5.74) is 0.414. The van der Waals surface area contributed by atoms with Gasteiger partial charge in [-0.25, -0.2) is 9.97 Å². The molecular weight excluding hydrogens is 401 g/mol. The van der Waals surface area contributed by atoms with Gasteiger partial charge in [0.25, 0.3) is 0 Å². The first-order chi connectivity index (χ1) is 13.6. The molecular formula is C20H21F3N4OS. The van der Waals surface area contributed by atoms with Gasteiger partial charge < -0.3 is 4.74 Å². The number of nitrogens with zero attached hydrogens (tertiary/aromatic N) is 4. The van der Waals surface area contributed by atoms with Crippen molar-refractivity contribution >= 4 is 11.5 Å². The van der Waals surface area contributed by atoms with Crippen molar-refractivity contribution < 1.29 is 17.9 Å². The Morgan fingerprint density at radius 2 is 1.83 bits per heavy atom. The highest BCUT2D eigenvalue weighted by Gasteiger charge is 2.34. The van der Waals surface area contributed by atoms with E-state index in [1.807, 2.05) is 13.8 Å². The van der Waals surface area contributed by atoms with E-state index in [1.165, 1.54) is 6.20 Å². The molecule has 5 nitrogen and oxygen atoms in total. The van der Waals surface area contributed by atoms with Gasteiger partial charge in [0, 0.05) is 18.3 Å². The summed E-state index contributed by atoms with van der Waals surface area (Å²) in [4.78, 5) is 12.9. The fraction of sp³-hybridized carbons (Fsp3) is 0.400. The fourth-order valence-corrected chi connectivity index (χ4v) is 3.42. The maximum atomic E-state index is 13.4. The molecule has 0 aromatic carbocycles. The van der Waals surface area contributed by atoms with Crippen LogP contribution in [0.2, 0.25) is 0 Å². The van der Waals surface area contributed by atoms with Gasteiger partial charge in [0.15, 0.2) is 5.82 Å². The summed E-state index contributed by atoms with van der Waals surface area (Å²) in [6.45, 7) is 7.28. The molecule has 0 atom stereocenters. The molecule has 0 radical (unpaired) electrons. The van der Waals surface area contributed by atoms with Gasteiger partial charge in [-0.3, -0.25) is 4.98 Å². The van der Waals surface area contributed by atoms with Crippen LogP contribution in [0.25, 0.3) is 11.5 Å². The molecule has 0 bridgehead atoms. The van der Waals surface area contributed by atoms with Gasteiger partial charge >= 0.3 is 6.18 Å². The minimum absolute atomic E-state index is 0.0443. The third kappa shape index (κ3) is 5.29. The lowest BCUT2D eigenvalue weighted by Gasteiger charge is -2.16. The Morgan fingerprint density at radius 1 is 1.07 bits per heavy atom. The van der Waals surface area contributed by atoms with E-state index in [0.29, 0.717) is 28.0 Å². The molecule has 3 heterocycles. The topological polar surface area (TPSA) is 60.8 Å². The molecule has 0 saturated carbocycles. The molecule has 0 fully saturated rings. The number of pyridine rings is 2. The van der Waals surface area contributed by atoms with Crippen LogP contribution < -0.4 is 4.74 Å². The molecule has 0 N–H and O–H groups in total. The molecule has 9 heteroatoms. The number of hydrogen-bond donors (Lipinski definition) is 0. The lowest BCUT2D eigenvalue weighted by atomic mass is 9.98. The number of halogens is 3. The van der Waals surface area contributed by atoms with Crippen molar-refractivity contribution in [2.75, 3.05) is 0 Å². The Hall–Kier alpha value is -2.55. The summed E-state index contributed by atoms with van der Waals surface area (Å²) >= 11 is 1.12. The summed E-state index contributed by atoms with van der Waals surface area (Å²) in [6, 6.07) is 4.64. The van der Waals surface area contributed by atoms with E-state index >= 15 is 0 Å². The molecule has 3 aromatic heterocycles. The lowest BCUT2D eigenvalue weighted by molar-refractivity contribution is -0.138. The average molecular weight is 422 g/mol. The van der Waals surface area contributed by atoms with Crippen LogP contribution in [-0.2, 0) is 12.6 Å². The van der Waals surface area contributed by atoms with Crippen LogP contribution in [0.15, 0.2) is 30.6 Å². The number of alkyl halides is 3. The standard InChI is InChI=1S/C20H21F3N4OS/c1-11(2)15-10-24-13(7-16(15)20(21,22)23)8-18-26-19(27-29-18)17-6-5-14(9-25-17)28-12(3)4/h5-7,9-12H,8H2,1-4H3. The summed E-state index contributed by atoms with van der Waals surface area (Å²) < 4.78 is 50.0. The van der Waals surface area contributed by atoms with E-state index < -0.39 is 11.7 Å². The first-order valence-corrected chi connectivity index (χ1v) is 9.92. The zero-order chi connectivity index (χ0) is 21.2. The molecule has 0 saturated heterocycles. The van der Waals surface area contributed by atoms with Crippen LogP contribution in [0.1, 0.15) is 55.4 Å². The maximum Gasteiger partial charge on any atom is 0.416 e. The predicted octanol–water partition coefficient (Wildman–Crippen LogP) is 5.52. The van der Waals surface area contributed by atoms with Gasteiger partial charge in [-0.2, -0.15) is 17.5 Å². The second-order valence-corrected chi connectivity index (χ2v) is 7.99. The highest BCUT2D eigenvalue weighted by Crippen LogP contribution is 2.35. The van der Waals surface area contributed by atoms with Crippen LogP contribution in [-0.4, -0.2) is 25.4 Å². The van der Waals surface area contributed by atoms with Crippen LogP contribution in [0, 0.1) is 0 Å². The molecule has 0 unspecified atom stereocenters. The van der Waals surface area contributed by atoms with Crippen molar-refractivity contribution in [3.05, 3.63) is 52.4 Å². The fourth-order valence-electron chi connectivity index (χ4n) is 2.75. The van der Waals surface area contributed by atoms with E-state index in [1.54, 1.807) is 32.2 Å². The van der Waals surface area contributed by atoms with Crippen LogP contribution in [0.4, 0.5) is 13.2 Å². The monoisotopic (exact) mass is 422 g/mol. The summed E-state index contributed by atoms with van der Waals surface area (Å²) in [5, 5.41) is 0.572. The Balaban J connectivity index is 1.80. The van der Waals surface area contributed by atoms with Crippen molar-refractivity contribution in [3.63, 3.8) is 0 Å². The zero-order valence-corrected chi connectivity index (χ0v) is 17.3. The second kappa shape index (κ2) is 8.44. The second-order valence-electron chi connectivity index (χ2n) is 7.15. The third-order valence-corrected chi connectivity index (χ3v) is 4.77. The van der Waals surface area contributed by atoms with Gasteiger partial charge in [0.05, 0.1) is 17.9 Å². The van der Waals surface area contributed by atoms with Gasteiger partial charge in [-0.05, 0) is 55.1 Å². The quantitative estimate of drug-likeness (QED) is 0.524. The minimum atomic E-state index is -4.42. The third-order valence-electron chi connectivity index (χ3n) is 4.06. The van der Waals surface area contributed by atoms with E-state index in [-0.39, 0.29) is 24.0 Å². The minimum Gasteiger partial charge on any atom is -0.489 e. The maximum absolute atomic E-state index is 13.4. The van der Waals surface area contributed by atoms with Gasteiger partial charge in [0.1, 0.15) is 16.5 Å². The lowest BCUT2D eigenvalue weighted by Crippen LogP contribution is -2.12. The van der Waals surface area contributed by atoms with Crippen LogP contribution in [0.5, 0.6) is 5.75 Å². The Labute approximate surface area is 171 Å². The molecule has 29 heavy (non-hydrogen) atoms. The van der Waals surface area contributed by atoms with E-state index in [2.05, 4.69) is 19.3 Å². The van der Waals surface area contributed by atoms with E-state index in [4.69, 9.17) is 4.74 Å². The van der Waals surface area contributed by atoms with Crippen molar-refractivity contribution in [3.8, 4) is 17.3 Å². The summed E-state index contributed by atoms with van der Waals surface area (Å²) in [5.74, 6) is 0.805. The highest BCUT2D eigenvalue weighted by atomic mass is 32.1. The summed E-state index contributed by atoms with van der Waals surface area (Å²) in [6.07, 6.45) is -1.30. The first-order valence-electron chi connectivity index (χ1n) is 9.15. The highest BCUT2D eigenvalue weighted by molar-refractivity contribution is 7.05. The number of rotatable bonds is 6. The molecule has 0 aliphatic carbocycles. The normalized spacial score (nSPS) is 12.0. The van der Waals surface area contributed by atoms with Gasteiger partial charge in [0.2, 0.25) is 0 Å². The van der Waals surface area contributed by atoms with E-state index in [9.17, 15) is 13.2 Å². The van der Waals surface area contributed by atoms with Crippen molar-refractivity contribution in [2.24, 2.45) is 0 Å². The average Bonchev–Trinajstić information content (AvgIpc) is 3.09. The van der Waals surface area contributed by atoms with Crippen LogP contribution in [0.3, 0.4) is 0 Å². The SMILES string of the molecule is CC(C)Oc1ccc(-c2nsc(Cc3cc(C(F)(F)F)c(C(C)C)cn3)n2)nc1. The van der Waals surface area contributed by atoms with E-state index in [0.717, 1.165) is 17.6 Å². The molecule has 3 rings (SSSR count). The molecule has 154 valence electrons. The molecule has 0 aliphatic rings. The van der Waals surface area contributed by atoms with Crippen molar-refractivity contribution in [1.29, 1.82) is 0 Å². The largest absolute Gasteiger partial charge is 0.489 e. The molecule has 0 spiro atoms. The van der Waals surface area contributed by atoms with Crippen molar-refractivity contribution in [2.45, 2.75) is 52.3 Å². The molecule has 0 aliphatic heterocycles. The first kappa shape index (κ1) is 21.2. The number of hydrogen-bond acceptors (Lipinski definition) is 6. The molecule has 0 amide bonds. The molecule has 3 aromatic rings. The summed E-state index contributed by atoms with van der Waals surface area (Å²) in [7, 11) is 0.